The molecule has 0 radical (unpaired) electrons. The predicted octanol–water partition coefficient (Wildman–Crippen LogP) is 3.34. The molecule has 0 aliphatic heterocycles. The summed E-state index contributed by atoms with van der Waals surface area (Å²) in [6.07, 6.45) is 3.52. The Morgan fingerprint density at radius 1 is 0.950 bits per heavy atom. The van der Waals surface area contributed by atoms with Crippen molar-refractivity contribution < 1.29 is 0 Å². The van der Waals surface area contributed by atoms with E-state index in [0.717, 1.165) is 22.4 Å². The summed E-state index contributed by atoms with van der Waals surface area (Å²) in [7, 11) is 0. The molecule has 3 aromatic rings. The summed E-state index contributed by atoms with van der Waals surface area (Å²) in [6, 6.07) is 10.1. The molecule has 100 valence electrons. The largest absolute Gasteiger partial charge is 0.382 e. The Balaban J connectivity index is 2.27. The highest BCUT2D eigenvalue weighted by Crippen LogP contribution is 2.37. The molecule has 0 amide bonds. The molecule has 0 aliphatic carbocycles. The Bertz CT molecular complexity index is 724. The first kappa shape index (κ1) is 12.4. The second-order valence-corrected chi connectivity index (χ2v) is 4.86. The van der Waals surface area contributed by atoms with Gasteiger partial charge in [0.2, 0.25) is 0 Å². The van der Waals surface area contributed by atoms with Crippen LogP contribution in [0.1, 0.15) is 11.1 Å². The number of aromatic amines is 1. The lowest BCUT2D eigenvalue weighted by molar-refractivity contribution is 1.10. The lowest BCUT2D eigenvalue weighted by Crippen LogP contribution is -1.92. The molecular formula is C16H16N4. The van der Waals surface area contributed by atoms with Gasteiger partial charge in [-0.2, -0.15) is 5.10 Å². The molecular weight excluding hydrogens is 248 g/mol. The zero-order valence-electron chi connectivity index (χ0n) is 11.5. The highest BCUT2D eigenvalue weighted by atomic mass is 15.2. The fourth-order valence-corrected chi connectivity index (χ4v) is 2.56. The molecule has 0 fully saturated rings. The van der Waals surface area contributed by atoms with E-state index in [2.05, 4.69) is 47.2 Å². The Kier molecular flexibility index (Phi) is 2.99. The Hall–Kier alpha value is -2.62. The van der Waals surface area contributed by atoms with Gasteiger partial charge in [-0.1, -0.05) is 18.2 Å². The summed E-state index contributed by atoms with van der Waals surface area (Å²) in [6.45, 7) is 4.19. The summed E-state index contributed by atoms with van der Waals surface area (Å²) in [5, 5.41) is 7.26. The van der Waals surface area contributed by atoms with Gasteiger partial charge in [0, 0.05) is 18.0 Å². The highest BCUT2D eigenvalue weighted by Gasteiger charge is 2.17. The van der Waals surface area contributed by atoms with E-state index in [1.807, 2.05) is 12.1 Å². The van der Waals surface area contributed by atoms with E-state index >= 15 is 0 Å². The van der Waals surface area contributed by atoms with Crippen molar-refractivity contribution in [2.75, 3.05) is 5.73 Å². The lowest BCUT2D eigenvalue weighted by atomic mass is 9.95. The van der Waals surface area contributed by atoms with Crippen LogP contribution in [0.15, 0.2) is 42.7 Å². The number of nitrogen functional groups attached to an aromatic ring is 1. The second-order valence-electron chi connectivity index (χ2n) is 4.86. The Morgan fingerprint density at radius 3 is 2.25 bits per heavy atom. The summed E-state index contributed by atoms with van der Waals surface area (Å²) < 4.78 is 0. The van der Waals surface area contributed by atoms with Gasteiger partial charge in [-0.25, -0.2) is 0 Å². The van der Waals surface area contributed by atoms with Gasteiger partial charge in [0.1, 0.15) is 0 Å². The predicted molar refractivity (Wildman–Crippen MR) is 81.1 cm³/mol. The van der Waals surface area contributed by atoms with E-state index in [-0.39, 0.29) is 0 Å². The van der Waals surface area contributed by atoms with Crippen molar-refractivity contribution in [3.63, 3.8) is 0 Å². The molecule has 0 bridgehead atoms. The maximum absolute atomic E-state index is 6.05. The van der Waals surface area contributed by atoms with Gasteiger partial charge < -0.3 is 5.73 Å². The van der Waals surface area contributed by atoms with Crippen molar-refractivity contribution in [2.45, 2.75) is 13.8 Å². The third kappa shape index (κ3) is 1.95. The molecule has 0 spiro atoms. The normalized spacial score (nSPS) is 10.7. The number of hydrogen-bond acceptors (Lipinski definition) is 3. The number of benzene rings is 1. The topological polar surface area (TPSA) is 67.6 Å². The molecule has 0 unspecified atom stereocenters. The smallest absolute Gasteiger partial charge is 0.153 e. The number of nitrogens with zero attached hydrogens (tertiary/aromatic N) is 2. The van der Waals surface area contributed by atoms with E-state index in [1.165, 1.54) is 11.1 Å². The van der Waals surface area contributed by atoms with Crippen LogP contribution < -0.4 is 5.73 Å². The number of hydrogen-bond donors (Lipinski definition) is 2. The van der Waals surface area contributed by atoms with Crippen molar-refractivity contribution in [2.24, 2.45) is 0 Å². The maximum Gasteiger partial charge on any atom is 0.153 e. The summed E-state index contributed by atoms with van der Waals surface area (Å²) >= 11 is 0. The molecule has 3 rings (SSSR count). The third-order valence-electron chi connectivity index (χ3n) is 3.49. The zero-order valence-corrected chi connectivity index (χ0v) is 11.5. The van der Waals surface area contributed by atoms with E-state index in [9.17, 15) is 0 Å². The monoisotopic (exact) mass is 264 g/mol. The number of aromatic nitrogens is 3. The number of H-pyrrole nitrogens is 1. The van der Waals surface area contributed by atoms with Crippen LogP contribution in [-0.4, -0.2) is 15.2 Å². The van der Waals surface area contributed by atoms with Gasteiger partial charge in [-0.05, 0) is 42.7 Å². The van der Waals surface area contributed by atoms with E-state index in [4.69, 9.17) is 5.73 Å². The maximum atomic E-state index is 6.05. The van der Waals surface area contributed by atoms with Crippen LogP contribution in [0.4, 0.5) is 5.82 Å². The molecule has 2 heterocycles. The molecule has 20 heavy (non-hydrogen) atoms. The van der Waals surface area contributed by atoms with Crippen LogP contribution in [0.3, 0.4) is 0 Å². The van der Waals surface area contributed by atoms with E-state index < -0.39 is 0 Å². The second kappa shape index (κ2) is 4.81. The van der Waals surface area contributed by atoms with Gasteiger partial charge in [0.05, 0.1) is 11.3 Å². The molecule has 0 saturated heterocycles. The average Bonchev–Trinajstić information content (AvgIpc) is 2.81. The van der Waals surface area contributed by atoms with Gasteiger partial charge in [-0.3, -0.25) is 10.1 Å². The quantitative estimate of drug-likeness (QED) is 0.746. The number of nitrogens with two attached hydrogens (primary N) is 1. The first-order chi connectivity index (χ1) is 9.68. The third-order valence-corrected chi connectivity index (χ3v) is 3.49. The van der Waals surface area contributed by atoms with Crippen molar-refractivity contribution in [1.29, 1.82) is 0 Å². The highest BCUT2D eigenvalue weighted by molar-refractivity contribution is 5.89. The SMILES string of the molecule is Cc1cccc(C)c1-c1[nH]nc(N)c1-c1ccncc1. The fraction of sp³-hybridized carbons (Fsp3) is 0.125. The molecule has 4 heteroatoms. The van der Waals surface area contributed by atoms with Crippen LogP contribution in [-0.2, 0) is 0 Å². The minimum Gasteiger partial charge on any atom is -0.382 e. The Labute approximate surface area is 117 Å². The molecule has 0 saturated carbocycles. The van der Waals surface area contributed by atoms with Crippen molar-refractivity contribution in [3.8, 4) is 22.4 Å². The van der Waals surface area contributed by atoms with Crippen molar-refractivity contribution >= 4 is 5.82 Å². The molecule has 4 nitrogen and oxygen atoms in total. The number of rotatable bonds is 2. The molecule has 0 atom stereocenters. The molecule has 2 aromatic heterocycles. The van der Waals surface area contributed by atoms with Crippen LogP contribution in [0.2, 0.25) is 0 Å². The molecule has 3 N–H and O–H groups in total. The first-order valence-electron chi connectivity index (χ1n) is 6.49. The standard InChI is InChI=1S/C16H16N4/c1-10-4-3-5-11(2)13(10)15-14(16(17)20-19-15)12-6-8-18-9-7-12/h3-9H,1-2H3,(H3,17,19,20). The van der Waals surface area contributed by atoms with Crippen LogP contribution in [0, 0.1) is 13.8 Å². The van der Waals surface area contributed by atoms with Gasteiger partial charge in [0.15, 0.2) is 5.82 Å². The van der Waals surface area contributed by atoms with Gasteiger partial charge in [0.25, 0.3) is 0 Å². The van der Waals surface area contributed by atoms with E-state index in [0.29, 0.717) is 5.82 Å². The number of nitrogens with one attached hydrogen (secondary N) is 1. The van der Waals surface area contributed by atoms with E-state index in [1.54, 1.807) is 12.4 Å². The lowest BCUT2D eigenvalue weighted by Gasteiger charge is -2.10. The molecule has 0 aliphatic rings. The summed E-state index contributed by atoms with van der Waals surface area (Å²) in [4.78, 5) is 4.05. The fourth-order valence-electron chi connectivity index (χ4n) is 2.56. The zero-order chi connectivity index (χ0) is 14.1. The first-order valence-corrected chi connectivity index (χ1v) is 6.49. The Morgan fingerprint density at radius 2 is 1.60 bits per heavy atom. The average molecular weight is 264 g/mol. The molecule has 1 aromatic carbocycles. The minimum atomic E-state index is 0.508. The number of pyridine rings is 1. The van der Waals surface area contributed by atoms with Crippen molar-refractivity contribution in [3.05, 3.63) is 53.9 Å². The minimum absolute atomic E-state index is 0.508. The van der Waals surface area contributed by atoms with Crippen LogP contribution >= 0.6 is 0 Å². The van der Waals surface area contributed by atoms with Gasteiger partial charge >= 0.3 is 0 Å². The van der Waals surface area contributed by atoms with Crippen LogP contribution in [0.5, 0.6) is 0 Å². The number of anilines is 1. The van der Waals surface area contributed by atoms with Crippen LogP contribution in [0.25, 0.3) is 22.4 Å². The number of aryl methyl sites for hydroxylation is 2. The summed E-state index contributed by atoms with van der Waals surface area (Å²) in [5.74, 6) is 0.508. The summed E-state index contributed by atoms with van der Waals surface area (Å²) in [5.41, 5.74) is 12.5. The van der Waals surface area contributed by atoms with Crippen molar-refractivity contribution in [1.82, 2.24) is 15.2 Å². The van der Waals surface area contributed by atoms with Gasteiger partial charge in [-0.15, -0.1) is 0 Å².